The van der Waals surface area contributed by atoms with Crippen LogP contribution in [0.15, 0.2) is 24.3 Å². The zero-order chi connectivity index (χ0) is 12.9. The van der Waals surface area contributed by atoms with Crippen LogP contribution in [0.25, 0.3) is 10.8 Å². The largest absolute Gasteiger partial charge is 0.493 e. The summed E-state index contributed by atoms with van der Waals surface area (Å²) in [7, 11) is 1.33. The topological polar surface area (TPSA) is 52.6 Å². The third-order valence-corrected chi connectivity index (χ3v) is 2.90. The van der Waals surface area contributed by atoms with Gasteiger partial charge in [-0.2, -0.15) is 0 Å². The maximum atomic E-state index is 13.8. The predicted octanol–water partition coefficient (Wildman–Crippen LogP) is 2.30. The van der Waals surface area contributed by atoms with Gasteiger partial charge in [-0.3, -0.25) is 0 Å². The van der Waals surface area contributed by atoms with E-state index in [1.165, 1.54) is 13.2 Å². The van der Waals surface area contributed by atoms with Crippen molar-refractivity contribution in [3.63, 3.8) is 0 Å². The molecule has 0 spiro atoms. The monoisotopic (exact) mass is 246 g/mol. The van der Waals surface area contributed by atoms with Crippen LogP contribution in [-0.4, -0.2) is 19.0 Å². The molecule has 0 bridgehead atoms. The van der Waals surface area contributed by atoms with Gasteiger partial charge in [0, 0.05) is 10.8 Å². The normalized spacial score (nSPS) is 13.7. The van der Waals surface area contributed by atoms with Gasteiger partial charge in [0.05, 0.1) is 18.2 Å². The van der Waals surface area contributed by atoms with E-state index in [2.05, 4.69) is 4.74 Å². The number of carbonyl (C=O) groups is 2. The molecule has 0 aliphatic carbocycles. The number of cyclic esters (lactones) is 2. The number of rotatable bonds is 1. The van der Waals surface area contributed by atoms with Crippen LogP contribution in [-0.2, 0) is 4.74 Å². The average Bonchev–Trinajstić information content (AvgIpc) is 2.35. The smallest absolute Gasteiger partial charge is 0.346 e. The van der Waals surface area contributed by atoms with E-state index < -0.39 is 17.8 Å². The Morgan fingerprint density at radius 3 is 2.61 bits per heavy atom. The Morgan fingerprint density at radius 2 is 1.89 bits per heavy atom. The van der Waals surface area contributed by atoms with Crippen molar-refractivity contribution in [3.8, 4) is 5.75 Å². The molecule has 5 heteroatoms. The number of ether oxygens (including phenoxy) is 2. The Balaban J connectivity index is 2.55. The van der Waals surface area contributed by atoms with Crippen molar-refractivity contribution in [1.29, 1.82) is 0 Å². The predicted molar refractivity (Wildman–Crippen MR) is 60.2 cm³/mol. The van der Waals surface area contributed by atoms with E-state index in [1.54, 1.807) is 12.1 Å². The molecular formula is C13H7FO4. The number of methoxy groups -OCH3 is 1. The molecule has 4 nitrogen and oxygen atoms in total. The second-order valence-electron chi connectivity index (χ2n) is 3.84. The van der Waals surface area contributed by atoms with E-state index in [0.29, 0.717) is 10.8 Å². The first-order valence-electron chi connectivity index (χ1n) is 5.19. The van der Waals surface area contributed by atoms with Crippen LogP contribution in [0, 0.1) is 5.82 Å². The van der Waals surface area contributed by atoms with Gasteiger partial charge >= 0.3 is 11.9 Å². The van der Waals surface area contributed by atoms with E-state index in [0.717, 1.165) is 6.07 Å². The first-order valence-corrected chi connectivity index (χ1v) is 5.19. The zero-order valence-electron chi connectivity index (χ0n) is 9.32. The van der Waals surface area contributed by atoms with Gasteiger partial charge in [-0.1, -0.05) is 12.1 Å². The SMILES string of the molecule is COc1c(F)cc2c3c(cccc13)C(=O)OC2=O. The van der Waals surface area contributed by atoms with E-state index in [4.69, 9.17) is 4.74 Å². The fourth-order valence-electron chi connectivity index (χ4n) is 2.16. The molecule has 0 radical (unpaired) electrons. The van der Waals surface area contributed by atoms with Crippen LogP contribution in [0.2, 0.25) is 0 Å². The van der Waals surface area contributed by atoms with Gasteiger partial charge in [0.2, 0.25) is 0 Å². The standard InChI is InChI=1S/C13H7FO4/c1-17-11-6-3-2-4-7-10(6)8(5-9(11)14)13(16)18-12(7)15/h2-5H,1H3. The number of carbonyl (C=O) groups excluding carboxylic acids is 2. The Hall–Kier alpha value is -2.43. The lowest BCUT2D eigenvalue weighted by Gasteiger charge is -2.17. The minimum absolute atomic E-state index is 0.0121. The molecule has 1 aliphatic rings. The lowest BCUT2D eigenvalue weighted by molar-refractivity contribution is 0.0391. The minimum Gasteiger partial charge on any atom is -0.493 e. The fourth-order valence-corrected chi connectivity index (χ4v) is 2.16. The van der Waals surface area contributed by atoms with Crippen molar-refractivity contribution in [2.75, 3.05) is 7.11 Å². The Kier molecular flexibility index (Phi) is 2.10. The summed E-state index contributed by atoms with van der Waals surface area (Å²) < 4.78 is 23.3. The van der Waals surface area contributed by atoms with Crippen LogP contribution in [0.1, 0.15) is 20.7 Å². The fraction of sp³-hybridized carbons (Fsp3) is 0.0769. The van der Waals surface area contributed by atoms with Gasteiger partial charge in [-0.05, 0) is 12.1 Å². The van der Waals surface area contributed by atoms with Crippen molar-refractivity contribution >= 4 is 22.7 Å². The summed E-state index contributed by atoms with van der Waals surface area (Å²) in [6.07, 6.45) is 0. The van der Waals surface area contributed by atoms with Crippen molar-refractivity contribution in [1.82, 2.24) is 0 Å². The summed E-state index contributed by atoms with van der Waals surface area (Å²) in [5, 5.41) is 0.756. The molecule has 0 saturated carbocycles. The average molecular weight is 246 g/mol. The van der Waals surface area contributed by atoms with Crippen LogP contribution >= 0.6 is 0 Å². The Labute approximate surface area is 101 Å². The molecule has 18 heavy (non-hydrogen) atoms. The van der Waals surface area contributed by atoms with E-state index in [9.17, 15) is 14.0 Å². The summed E-state index contributed by atoms with van der Waals surface area (Å²) in [4.78, 5) is 23.2. The van der Waals surface area contributed by atoms with Crippen molar-refractivity contribution in [3.05, 3.63) is 41.2 Å². The maximum absolute atomic E-state index is 13.8. The molecule has 0 amide bonds. The summed E-state index contributed by atoms with van der Waals surface area (Å²) in [6.45, 7) is 0. The van der Waals surface area contributed by atoms with Gasteiger partial charge in [0.25, 0.3) is 0 Å². The highest BCUT2D eigenvalue weighted by molar-refractivity contribution is 6.21. The Morgan fingerprint density at radius 1 is 1.17 bits per heavy atom. The van der Waals surface area contributed by atoms with Gasteiger partial charge in [-0.15, -0.1) is 0 Å². The molecule has 0 aromatic heterocycles. The molecule has 0 unspecified atom stereocenters. The summed E-state index contributed by atoms with van der Waals surface area (Å²) in [5.41, 5.74) is 0.277. The molecular weight excluding hydrogens is 239 g/mol. The third kappa shape index (κ3) is 1.24. The molecule has 0 atom stereocenters. The summed E-state index contributed by atoms with van der Waals surface area (Å²) in [5.74, 6) is -2.22. The quantitative estimate of drug-likeness (QED) is 0.572. The molecule has 1 heterocycles. The third-order valence-electron chi connectivity index (χ3n) is 2.90. The van der Waals surface area contributed by atoms with Crippen LogP contribution in [0.5, 0.6) is 5.75 Å². The zero-order valence-corrected chi connectivity index (χ0v) is 9.32. The van der Waals surface area contributed by atoms with Gasteiger partial charge in [0.15, 0.2) is 11.6 Å². The molecule has 1 aliphatic heterocycles. The van der Waals surface area contributed by atoms with Crippen LogP contribution < -0.4 is 4.74 Å². The van der Waals surface area contributed by atoms with Gasteiger partial charge in [0.1, 0.15) is 0 Å². The molecule has 90 valence electrons. The number of esters is 2. The lowest BCUT2D eigenvalue weighted by atomic mass is 9.96. The molecule has 3 rings (SSSR count). The maximum Gasteiger partial charge on any atom is 0.346 e. The molecule has 0 saturated heterocycles. The van der Waals surface area contributed by atoms with Crippen molar-refractivity contribution in [2.45, 2.75) is 0 Å². The van der Waals surface area contributed by atoms with Crippen molar-refractivity contribution < 1.29 is 23.5 Å². The number of hydrogen-bond donors (Lipinski definition) is 0. The Bertz CT molecular complexity index is 706. The van der Waals surface area contributed by atoms with E-state index in [-0.39, 0.29) is 16.9 Å². The van der Waals surface area contributed by atoms with E-state index >= 15 is 0 Å². The molecule has 2 aromatic rings. The summed E-state index contributed by atoms with van der Waals surface area (Å²) >= 11 is 0. The molecule has 0 N–H and O–H groups in total. The number of halogens is 1. The highest BCUT2D eigenvalue weighted by Gasteiger charge is 2.29. The van der Waals surface area contributed by atoms with Crippen LogP contribution in [0.4, 0.5) is 4.39 Å². The molecule has 0 fully saturated rings. The summed E-state index contributed by atoms with van der Waals surface area (Å²) in [6, 6.07) is 5.73. The lowest BCUT2D eigenvalue weighted by Crippen LogP contribution is -2.20. The highest BCUT2D eigenvalue weighted by Crippen LogP contribution is 2.36. The van der Waals surface area contributed by atoms with Crippen LogP contribution in [0.3, 0.4) is 0 Å². The minimum atomic E-state index is -0.842. The molecule has 2 aromatic carbocycles. The number of benzene rings is 2. The van der Waals surface area contributed by atoms with Crippen molar-refractivity contribution in [2.24, 2.45) is 0 Å². The van der Waals surface area contributed by atoms with Gasteiger partial charge in [-0.25, -0.2) is 14.0 Å². The second kappa shape index (κ2) is 3.53. The first kappa shape index (κ1) is 10.7. The number of hydrogen-bond acceptors (Lipinski definition) is 4. The van der Waals surface area contributed by atoms with Gasteiger partial charge < -0.3 is 9.47 Å². The second-order valence-corrected chi connectivity index (χ2v) is 3.84. The van der Waals surface area contributed by atoms with E-state index in [1.807, 2.05) is 0 Å². The first-order chi connectivity index (χ1) is 8.63. The highest BCUT2D eigenvalue weighted by atomic mass is 19.1.